The van der Waals surface area contributed by atoms with E-state index in [0.717, 1.165) is 5.56 Å². The second kappa shape index (κ2) is 6.41. The van der Waals surface area contributed by atoms with Crippen LogP contribution in [-0.2, 0) is 21.2 Å². The van der Waals surface area contributed by atoms with Crippen molar-refractivity contribution in [1.82, 2.24) is 4.31 Å². The molecule has 0 saturated heterocycles. The molecule has 0 aliphatic carbocycles. The fourth-order valence-electron chi connectivity index (χ4n) is 2.46. The zero-order chi connectivity index (χ0) is 16.4. The van der Waals surface area contributed by atoms with E-state index in [1.807, 2.05) is 0 Å². The number of benzene rings is 1. The van der Waals surface area contributed by atoms with Crippen LogP contribution in [0, 0.1) is 20.8 Å². The molecule has 0 aliphatic rings. The number of aryl methyl sites for hydroxylation is 2. The van der Waals surface area contributed by atoms with Crippen LogP contribution in [0.4, 0.5) is 0 Å². The minimum absolute atomic E-state index is 0.189. The van der Waals surface area contributed by atoms with Gasteiger partial charge in [0.05, 0.1) is 11.3 Å². The minimum atomic E-state index is -3.67. The number of hydrogen-bond donors (Lipinski definition) is 1. The molecule has 1 rings (SSSR count). The maximum absolute atomic E-state index is 12.6. The van der Waals surface area contributed by atoms with E-state index in [0.29, 0.717) is 16.7 Å². The Morgan fingerprint density at radius 3 is 2.38 bits per heavy atom. The second-order valence-electron chi connectivity index (χ2n) is 5.09. The van der Waals surface area contributed by atoms with E-state index in [1.54, 1.807) is 26.8 Å². The number of nitrogens with zero attached hydrogens (tertiary/aromatic N) is 1. The van der Waals surface area contributed by atoms with Crippen LogP contribution in [0.25, 0.3) is 0 Å². The third-order valence-electron chi connectivity index (χ3n) is 3.44. The third-order valence-corrected chi connectivity index (χ3v) is 5.56. The lowest BCUT2D eigenvalue weighted by molar-refractivity contribution is -0.136. The van der Waals surface area contributed by atoms with Crippen molar-refractivity contribution in [3.05, 3.63) is 41.0 Å². The summed E-state index contributed by atoms with van der Waals surface area (Å²) in [6.45, 7) is 8.91. The molecule has 0 atom stereocenters. The first-order valence-corrected chi connectivity index (χ1v) is 7.95. The van der Waals surface area contributed by atoms with Crippen LogP contribution < -0.4 is 0 Å². The molecule has 0 saturated carbocycles. The van der Waals surface area contributed by atoms with Crippen LogP contribution in [0.3, 0.4) is 0 Å². The molecule has 0 fully saturated rings. The highest BCUT2D eigenvalue weighted by Crippen LogP contribution is 2.28. The lowest BCUT2D eigenvalue weighted by Crippen LogP contribution is -2.28. The maximum atomic E-state index is 12.6. The van der Waals surface area contributed by atoms with Crippen molar-refractivity contribution in [2.45, 2.75) is 32.1 Å². The number of hydrogen-bond acceptors (Lipinski definition) is 3. The summed E-state index contributed by atoms with van der Waals surface area (Å²) in [5.74, 6) is -0.979. The molecule has 21 heavy (non-hydrogen) atoms. The van der Waals surface area contributed by atoms with Gasteiger partial charge in [0.25, 0.3) is 0 Å². The number of carboxylic acids is 1. The second-order valence-corrected chi connectivity index (χ2v) is 7.07. The van der Waals surface area contributed by atoms with Gasteiger partial charge in [0.1, 0.15) is 0 Å². The van der Waals surface area contributed by atoms with Gasteiger partial charge in [-0.15, -0.1) is 6.58 Å². The van der Waals surface area contributed by atoms with Gasteiger partial charge < -0.3 is 5.11 Å². The highest BCUT2D eigenvalue weighted by Gasteiger charge is 2.26. The topological polar surface area (TPSA) is 74.7 Å². The van der Waals surface area contributed by atoms with Crippen LogP contribution in [0.2, 0.25) is 0 Å². The van der Waals surface area contributed by atoms with Gasteiger partial charge in [0, 0.05) is 13.6 Å². The van der Waals surface area contributed by atoms with E-state index < -0.39 is 16.0 Å². The van der Waals surface area contributed by atoms with Crippen molar-refractivity contribution in [3.8, 4) is 0 Å². The first-order chi connectivity index (χ1) is 9.62. The molecular formula is C15H21NO4S. The molecule has 1 aromatic rings. The zero-order valence-corrected chi connectivity index (χ0v) is 13.6. The predicted molar refractivity (Wildman–Crippen MR) is 82.0 cm³/mol. The zero-order valence-electron chi connectivity index (χ0n) is 12.8. The van der Waals surface area contributed by atoms with E-state index >= 15 is 0 Å². The lowest BCUT2D eigenvalue weighted by Gasteiger charge is -2.21. The summed E-state index contributed by atoms with van der Waals surface area (Å²) in [6, 6.07) is 1.72. The molecule has 1 N–H and O–H groups in total. The van der Waals surface area contributed by atoms with E-state index in [2.05, 4.69) is 6.58 Å². The highest BCUT2D eigenvalue weighted by molar-refractivity contribution is 7.89. The molecule has 5 nitrogen and oxygen atoms in total. The first kappa shape index (κ1) is 17.4. The number of carboxylic acid groups (broad SMARTS) is 1. The van der Waals surface area contributed by atoms with Crippen molar-refractivity contribution in [2.24, 2.45) is 0 Å². The number of carbonyl (C=O) groups is 1. The van der Waals surface area contributed by atoms with Crippen LogP contribution in [-0.4, -0.2) is 37.4 Å². The van der Waals surface area contributed by atoms with E-state index in [1.165, 1.54) is 17.4 Å². The molecule has 0 spiro atoms. The van der Waals surface area contributed by atoms with Crippen LogP contribution >= 0.6 is 0 Å². The molecule has 0 unspecified atom stereocenters. The average molecular weight is 311 g/mol. The van der Waals surface area contributed by atoms with Gasteiger partial charge in [-0.05, 0) is 43.0 Å². The molecule has 6 heteroatoms. The Morgan fingerprint density at radius 2 is 1.90 bits per heavy atom. The number of sulfonamides is 1. The van der Waals surface area contributed by atoms with Gasteiger partial charge in [-0.1, -0.05) is 12.1 Å². The Kier molecular flexibility index (Phi) is 5.31. The number of likely N-dealkylation sites (N-methyl/N-ethyl adjacent to an activating group) is 1. The standard InChI is InChI=1S/C15H21NO4S/c1-6-7-16(5)21(19,20)15-11(3)8-10(2)13(12(15)4)9-14(17)18/h6,8H,1,7,9H2,2-5H3,(H,17,18). The highest BCUT2D eigenvalue weighted by atomic mass is 32.2. The van der Waals surface area contributed by atoms with Crippen LogP contribution in [0.1, 0.15) is 22.3 Å². The molecule has 1 aromatic carbocycles. The van der Waals surface area contributed by atoms with E-state index in [9.17, 15) is 13.2 Å². The Morgan fingerprint density at radius 1 is 1.33 bits per heavy atom. The summed E-state index contributed by atoms with van der Waals surface area (Å²) in [6.07, 6.45) is 1.32. The Hall–Kier alpha value is -1.66. The van der Waals surface area contributed by atoms with Crippen LogP contribution in [0.15, 0.2) is 23.6 Å². The van der Waals surface area contributed by atoms with Crippen molar-refractivity contribution in [3.63, 3.8) is 0 Å². The summed E-state index contributed by atoms with van der Waals surface area (Å²) in [5, 5.41) is 9.00. The van der Waals surface area contributed by atoms with Gasteiger partial charge in [-0.2, -0.15) is 4.31 Å². The third kappa shape index (κ3) is 3.51. The maximum Gasteiger partial charge on any atom is 0.307 e. The average Bonchev–Trinajstić information content (AvgIpc) is 2.33. The van der Waals surface area contributed by atoms with Crippen molar-refractivity contribution in [1.29, 1.82) is 0 Å². The molecule has 0 amide bonds. The van der Waals surface area contributed by atoms with Crippen LogP contribution in [0.5, 0.6) is 0 Å². The number of rotatable bonds is 6. The SMILES string of the molecule is C=CCN(C)S(=O)(=O)c1c(C)cc(C)c(CC(=O)O)c1C. The Bertz CT molecular complexity index is 677. The summed E-state index contributed by atoms with van der Waals surface area (Å²) in [7, 11) is -2.19. The van der Waals surface area contributed by atoms with Gasteiger partial charge in [-0.3, -0.25) is 4.79 Å². The minimum Gasteiger partial charge on any atom is -0.481 e. The number of aliphatic carboxylic acids is 1. The van der Waals surface area contributed by atoms with E-state index in [-0.39, 0.29) is 17.9 Å². The fraction of sp³-hybridized carbons (Fsp3) is 0.400. The lowest BCUT2D eigenvalue weighted by atomic mass is 9.97. The quantitative estimate of drug-likeness (QED) is 0.816. The van der Waals surface area contributed by atoms with Gasteiger partial charge in [0.2, 0.25) is 10.0 Å². The van der Waals surface area contributed by atoms with E-state index in [4.69, 9.17) is 5.11 Å². The monoisotopic (exact) mass is 311 g/mol. The smallest absolute Gasteiger partial charge is 0.307 e. The van der Waals surface area contributed by atoms with Gasteiger partial charge >= 0.3 is 5.97 Å². The van der Waals surface area contributed by atoms with Gasteiger partial charge in [0.15, 0.2) is 0 Å². The fourth-order valence-corrected chi connectivity index (χ4v) is 4.05. The molecular weight excluding hydrogens is 290 g/mol. The van der Waals surface area contributed by atoms with Crippen molar-refractivity contribution in [2.75, 3.05) is 13.6 Å². The summed E-state index contributed by atoms with van der Waals surface area (Å²) in [4.78, 5) is 11.2. The molecule has 0 heterocycles. The molecule has 0 radical (unpaired) electrons. The van der Waals surface area contributed by atoms with Crippen molar-refractivity contribution >= 4 is 16.0 Å². The molecule has 0 aromatic heterocycles. The summed E-state index contributed by atoms with van der Waals surface area (Å²) < 4.78 is 26.5. The molecule has 0 bridgehead atoms. The molecule has 116 valence electrons. The molecule has 0 aliphatic heterocycles. The van der Waals surface area contributed by atoms with Crippen molar-refractivity contribution < 1.29 is 18.3 Å². The predicted octanol–water partition coefficient (Wildman–Crippen LogP) is 2.05. The largest absolute Gasteiger partial charge is 0.481 e. The summed E-state index contributed by atoms with van der Waals surface area (Å²) in [5.41, 5.74) is 2.47. The Labute approximate surface area is 126 Å². The first-order valence-electron chi connectivity index (χ1n) is 6.51. The normalized spacial score (nSPS) is 11.7. The van der Waals surface area contributed by atoms with Gasteiger partial charge in [-0.25, -0.2) is 8.42 Å². The summed E-state index contributed by atoms with van der Waals surface area (Å²) >= 11 is 0. The Balaban J connectivity index is 3.57.